The van der Waals surface area contributed by atoms with Crippen LogP contribution in [0.3, 0.4) is 0 Å². The van der Waals surface area contributed by atoms with Gasteiger partial charge in [0.05, 0.1) is 11.8 Å². The van der Waals surface area contributed by atoms with Gasteiger partial charge in [0.2, 0.25) is 5.91 Å². The number of carbonyl (C=O) groups excluding carboxylic acids is 2. The standard InChI is InChI=1S/C15H24N2O4/c1-15(2,3)12(5-8-18)17-13(19)4-7-16-14(20)11-6-9-21-10-11/h6,9-10,12,18H,4-5,7-8H2,1-3H3,(H,16,20)(H,17,19). The fourth-order valence-electron chi connectivity index (χ4n) is 1.90. The highest BCUT2D eigenvalue weighted by Crippen LogP contribution is 2.21. The summed E-state index contributed by atoms with van der Waals surface area (Å²) in [6.45, 7) is 6.31. The molecule has 21 heavy (non-hydrogen) atoms. The first-order chi connectivity index (χ1) is 9.84. The van der Waals surface area contributed by atoms with Gasteiger partial charge in [-0.25, -0.2) is 0 Å². The Hall–Kier alpha value is -1.82. The van der Waals surface area contributed by atoms with Gasteiger partial charge in [0.1, 0.15) is 6.26 Å². The maximum atomic E-state index is 11.9. The minimum atomic E-state index is -0.265. The molecule has 6 heteroatoms. The van der Waals surface area contributed by atoms with E-state index >= 15 is 0 Å². The second-order valence-electron chi connectivity index (χ2n) is 6.02. The van der Waals surface area contributed by atoms with Gasteiger partial charge >= 0.3 is 0 Å². The van der Waals surface area contributed by atoms with E-state index in [-0.39, 0.29) is 42.8 Å². The molecule has 1 unspecified atom stereocenters. The van der Waals surface area contributed by atoms with Gasteiger partial charge < -0.3 is 20.2 Å². The number of aliphatic hydroxyl groups excluding tert-OH is 1. The van der Waals surface area contributed by atoms with E-state index < -0.39 is 0 Å². The Balaban J connectivity index is 2.34. The van der Waals surface area contributed by atoms with E-state index in [1.165, 1.54) is 12.5 Å². The third-order valence-corrected chi connectivity index (χ3v) is 3.22. The van der Waals surface area contributed by atoms with Crippen molar-refractivity contribution in [3.8, 4) is 0 Å². The Labute approximate surface area is 124 Å². The summed E-state index contributed by atoms with van der Waals surface area (Å²) in [5.74, 6) is -0.407. The molecule has 1 atom stereocenters. The topological polar surface area (TPSA) is 91.6 Å². The first-order valence-electron chi connectivity index (χ1n) is 7.05. The molecule has 1 rings (SSSR count). The number of amides is 2. The highest BCUT2D eigenvalue weighted by Gasteiger charge is 2.25. The van der Waals surface area contributed by atoms with E-state index in [1.807, 2.05) is 20.8 Å². The zero-order chi connectivity index (χ0) is 15.9. The van der Waals surface area contributed by atoms with Crippen molar-refractivity contribution in [3.05, 3.63) is 24.2 Å². The predicted octanol–water partition coefficient (Wildman–Crippen LogP) is 1.31. The molecule has 0 radical (unpaired) electrons. The normalized spacial score (nSPS) is 12.8. The summed E-state index contributed by atoms with van der Waals surface area (Å²) < 4.78 is 4.82. The molecule has 0 saturated heterocycles. The molecule has 0 aromatic carbocycles. The number of hydrogen-bond donors (Lipinski definition) is 3. The average Bonchev–Trinajstić information content (AvgIpc) is 2.91. The van der Waals surface area contributed by atoms with Gasteiger partial charge in [-0.1, -0.05) is 20.8 Å². The van der Waals surface area contributed by atoms with Crippen molar-refractivity contribution in [2.24, 2.45) is 5.41 Å². The van der Waals surface area contributed by atoms with E-state index in [0.717, 1.165) is 0 Å². The van der Waals surface area contributed by atoms with Crippen molar-refractivity contribution in [2.45, 2.75) is 39.7 Å². The van der Waals surface area contributed by atoms with E-state index in [1.54, 1.807) is 6.07 Å². The van der Waals surface area contributed by atoms with Crippen molar-refractivity contribution in [1.82, 2.24) is 10.6 Å². The highest BCUT2D eigenvalue weighted by molar-refractivity contribution is 5.94. The third-order valence-electron chi connectivity index (χ3n) is 3.22. The number of rotatable bonds is 7. The number of hydrogen-bond acceptors (Lipinski definition) is 4. The van der Waals surface area contributed by atoms with Crippen molar-refractivity contribution in [2.75, 3.05) is 13.2 Å². The molecule has 0 bridgehead atoms. The molecule has 1 aromatic heterocycles. The number of aliphatic hydroxyl groups is 1. The average molecular weight is 296 g/mol. The molecule has 0 aliphatic heterocycles. The Bertz CT molecular complexity index is 449. The summed E-state index contributed by atoms with van der Waals surface area (Å²) in [6, 6.07) is 1.46. The largest absolute Gasteiger partial charge is 0.472 e. The second-order valence-corrected chi connectivity index (χ2v) is 6.02. The van der Waals surface area contributed by atoms with Crippen LogP contribution in [-0.2, 0) is 4.79 Å². The summed E-state index contributed by atoms with van der Waals surface area (Å²) in [5, 5.41) is 14.6. The molecule has 1 aromatic rings. The Morgan fingerprint density at radius 2 is 2.10 bits per heavy atom. The fourth-order valence-corrected chi connectivity index (χ4v) is 1.90. The van der Waals surface area contributed by atoms with Gasteiger partial charge in [-0.15, -0.1) is 0 Å². The molecule has 2 amide bonds. The molecule has 3 N–H and O–H groups in total. The SMILES string of the molecule is CC(C)(C)C(CCO)NC(=O)CCNC(=O)c1ccoc1. The minimum Gasteiger partial charge on any atom is -0.472 e. The molecule has 0 aliphatic rings. The van der Waals surface area contributed by atoms with Gasteiger partial charge in [0, 0.05) is 25.6 Å². The van der Waals surface area contributed by atoms with Crippen molar-refractivity contribution in [1.29, 1.82) is 0 Å². The number of carbonyl (C=O) groups is 2. The molecule has 0 spiro atoms. The molecule has 6 nitrogen and oxygen atoms in total. The number of furan rings is 1. The fraction of sp³-hybridized carbons (Fsp3) is 0.600. The van der Waals surface area contributed by atoms with Gasteiger partial charge in [0.15, 0.2) is 0 Å². The molecular weight excluding hydrogens is 272 g/mol. The molecular formula is C15H24N2O4. The second kappa shape index (κ2) is 7.83. The lowest BCUT2D eigenvalue weighted by Crippen LogP contribution is -2.45. The van der Waals surface area contributed by atoms with Gasteiger partial charge in [-0.3, -0.25) is 9.59 Å². The summed E-state index contributed by atoms with van der Waals surface area (Å²) in [6.07, 6.45) is 3.48. The minimum absolute atomic E-state index is 0.0272. The van der Waals surface area contributed by atoms with Gasteiger partial charge in [0.25, 0.3) is 5.91 Å². The zero-order valence-corrected chi connectivity index (χ0v) is 12.8. The lowest BCUT2D eigenvalue weighted by molar-refractivity contribution is -0.122. The Kier molecular flexibility index (Phi) is 6.42. The van der Waals surface area contributed by atoms with Crippen LogP contribution >= 0.6 is 0 Å². The summed E-state index contributed by atoms with van der Waals surface area (Å²) >= 11 is 0. The molecule has 1 heterocycles. The van der Waals surface area contributed by atoms with Crippen LogP contribution in [0.2, 0.25) is 0 Å². The van der Waals surface area contributed by atoms with Crippen LogP contribution < -0.4 is 10.6 Å². The first-order valence-corrected chi connectivity index (χ1v) is 7.05. The lowest BCUT2D eigenvalue weighted by Gasteiger charge is -2.31. The lowest BCUT2D eigenvalue weighted by atomic mass is 9.85. The van der Waals surface area contributed by atoms with E-state index in [2.05, 4.69) is 10.6 Å². The first kappa shape index (κ1) is 17.2. The van der Waals surface area contributed by atoms with E-state index in [0.29, 0.717) is 12.0 Å². The maximum Gasteiger partial charge on any atom is 0.254 e. The van der Waals surface area contributed by atoms with Crippen LogP contribution in [0.1, 0.15) is 44.0 Å². The van der Waals surface area contributed by atoms with Crippen LogP contribution in [0.15, 0.2) is 23.0 Å². The maximum absolute atomic E-state index is 11.9. The van der Waals surface area contributed by atoms with Crippen LogP contribution in [0, 0.1) is 5.41 Å². The van der Waals surface area contributed by atoms with Crippen LogP contribution in [0.4, 0.5) is 0 Å². The van der Waals surface area contributed by atoms with Crippen LogP contribution in [0.5, 0.6) is 0 Å². The van der Waals surface area contributed by atoms with Gasteiger partial charge in [-0.2, -0.15) is 0 Å². The van der Waals surface area contributed by atoms with E-state index in [9.17, 15) is 9.59 Å². The van der Waals surface area contributed by atoms with Crippen molar-refractivity contribution < 1.29 is 19.1 Å². The third kappa shape index (κ3) is 5.99. The molecule has 0 saturated carbocycles. The smallest absolute Gasteiger partial charge is 0.254 e. The van der Waals surface area contributed by atoms with Gasteiger partial charge in [-0.05, 0) is 17.9 Å². The number of nitrogens with one attached hydrogen (secondary N) is 2. The predicted molar refractivity (Wildman–Crippen MR) is 78.7 cm³/mol. The highest BCUT2D eigenvalue weighted by atomic mass is 16.3. The van der Waals surface area contributed by atoms with Crippen LogP contribution in [-0.4, -0.2) is 36.1 Å². The summed E-state index contributed by atoms with van der Waals surface area (Å²) in [5.41, 5.74) is 0.307. The van der Waals surface area contributed by atoms with Crippen LogP contribution in [0.25, 0.3) is 0 Å². The monoisotopic (exact) mass is 296 g/mol. The molecule has 0 aliphatic carbocycles. The molecule has 118 valence electrons. The van der Waals surface area contributed by atoms with Crippen molar-refractivity contribution in [3.63, 3.8) is 0 Å². The zero-order valence-electron chi connectivity index (χ0n) is 12.8. The molecule has 0 fully saturated rings. The Morgan fingerprint density at radius 1 is 1.38 bits per heavy atom. The Morgan fingerprint density at radius 3 is 2.62 bits per heavy atom. The summed E-state index contributed by atoms with van der Waals surface area (Å²) in [4.78, 5) is 23.5. The quantitative estimate of drug-likeness (QED) is 0.707. The van der Waals surface area contributed by atoms with Crippen molar-refractivity contribution >= 4 is 11.8 Å². The van der Waals surface area contributed by atoms with E-state index in [4.69, 9.17) is 9.52 Å². The summed E-state index contributed by atoms with van der Waals surface area (Å²) in [7, 11) is 0.